The lowest BCUT2D eigenvalue weighted by Gasteiger charge is -2.26. The predicted molar refractivity (Wildman–Crippen MR) is 75.5 cm³/mol. The number of H-pyrrole nitrogens is 1. The van der Waals surface area contributed by atoms with E-state index in [1.54, 1.807) is 12.4 Å². The quantitative estimate of drug-likeness (QED) is 0.789. The SMILES string of the molecule is O=C(NC1(c2ncc[nH]2)CCOC1)c1ccc(CO)c(F)c1. The van der Waals surface area contributed by atoms with E-state index in [-0.39, 0.29) is 11.1 Å². The van der Waals surface area contributed by atoms with Crippen LogP contribution in [0.2, 0.25) is 0 Å². The first-order chi connectivity index (χ1) is 10.6. The highest BCUT2D eigenvalue weighted by Gasteiger charge is 2.40. The summed E-state index contributed by atoms with van der Waals surface area (Å²) in [4.78, 5) is 19.6. The third kappa shape index (κ3) is 2.60. The zero-order valence-electron chi connectivity index (χ0n) is 11.8. The fraction of sp³-hybridized carbons (Fsp3) is 0.333. The van der Waals surface area contributed by atoms with Gasteiger partial charge in [0.05, 0.1) is 13.2 Å². The molecule has 1 unspecified atom stereocenters. The van der Waals surface area contributed by atoms with Crippen LogP contribution in [0.25, 0.3) is 0 Å². The van der Waals surface area contributed by atoms with Gasteiger partial charge in [-0.1, -0.05) is 6.07 Å². The second-order valence-corrected chi connectivity index (χ2v) is 5.24. The second kappa shape index (κ2) is 5.86. The van der Waals surface area contributed by atoms with Gasteiger partial charge in [-0.2, -0.15) is 0 Å². The Hall–Kier alpha value is -2.25. The molecule has 0 spiro atoms. The van der Waals surface area contributed by atoms with Crippen molar-refractivity contribution >= 4 is 5.91 Å². The molecule has 116 valence electrons. The summed E-state index contributed by atoms with van der Waals surface area (Å²) < 4.78 is 19.1. The average molecular weight is 305 g/mol. The van der Waals surface area contributed by atoms with Gasteiger partial charge in [-0.3, -0.25) is 4.79 Å². The van der Waals surface area contributed by atoms with Crippen molar-refractivity contribution in [2.24, 2.45) is 0 Å². The van der Waals surface area contributed by atoms with Crippen LogP contribution in [0.5, 0.6) is 0 Å². The number of hydrogen-bond acceptors (Lipinski definition) is 4. The summed E-state index contributed by atoms with van der Waals surface area (Å²) >= 11 is 0. The molecule has 1 aromatic heterocycles. The zero-order valence-corrected chi connectivity index (χ0v) is 11.8. The van der Waals surface area contributed by atoms with Crippen molar-refractivity contribution in [2.45, 2.75) is 18.6 Å². The highest BCUT2D eigenvalue weighted by molar-refractivity contribution is 5.94. The van der Waals surface area contributed by atoms with E-state index in [4.69, 9.17) is 9.84 Å². The number of aromatic amines is 1. The van der Waals surface area contributed by atoms with Crippen LogP contribution in [-0.4, -0.2) is 34.2 Å². The third-order valence-corrected chi connectivity index (χ3v) is 3.81. The number of imidazole rings is 1. The number of benzene rings is 1. The number of amides is 1. The molecule has 1 fully saturated rings. The first-order valence-corrected chi connectivity index (χ1v) is 6.94. The van der Waals surface area contributed by atoms with E-state index in [9.17, 15) is 9.18 Å². The number of carbonyl (C=O) groups is 1. The normalized spacial score (nSPS) is 21.0. The van der Waals surface area contributed by atoms with Crippen molar-refractivity contribution in [3.05, 3.63) is 53.4 Å². The van der Waals surface area contributed by atoms with Crippen molar-refractivity contribution in [3.8, 4) is 0 Å². The van der Waals surface area contributed by atoms with Crippen molar-refractivity contribution in [2.75, 3.05) is 13.2 Å². The molecule has 22 heavy (non-hydrogen) atoms. The highest BCUT2D eigenvalue weighted by Crippen LogP contribution is 2.28. The molecule has 2 heterocycles. The fourth-order valence-corrected chi connectivity index (χ4v) is 2.54. The number of aliphatic hydroxyl groups excluding tert-OH is 1. The number of aliphatic hydroxyl groups is 1. The number of aromatic nitrogens is 2. The Kier molecular flexibility index (Phi) is 3.91. The lowest BCUT2D eigenvalue weighted by molar-refractivity contribution is 0.0869. The van der Waals surface area contributed by atoms with Crippen molar-refractivity contribution in [1.82, 2.24) is 15.3 Å². The van der Waals surface area contributed by atoms with Gasteiger partial charge in [-0.25, -0.2) is 9.37 Å². The van der Waals surface area contributed by atoms with Gasteiger partial charge in [-0.15, -0.1) is 0 Å². The second-order valence-electron chi connectivity index (χ2n) is 5.24. The van der Waals surface area contributed by atoms with Crippen LogP contribution in [0.1, 0.15) is 28.2 Å². The van der Waals surface area contributed by atoms with Crippen molar-refractivity contribution in [3.63, 3.8) is 0 Å². The minimum atomic E-state index is -0.729. The lowest BCUT2D eigenvalue weighted by Crippen LogP contribution is -2.47. The summed E-state index contributed by atoms with van der Waals surface area (Å²) in [6.07, 6.45) is 3.87. The van der Waals surface area contributed by atoms with Crippen LogP contribution >= 0.6 is 0 Å². The van der Waals surface area contributed by atoms with E-state index < -0.39 is 23.9 Å². The van der Waals surface area contributed by atoms with Crippen LogP contribution < -0.4 is 5.32 Å². The Morgan fingerprint density at radius 1 is 1.55 bits per heavy atom. The van der Waals surface area contributed by atoms with Crippen LogP contribution in [-0.2, 0) is 16.9 Å². The summed E-state index contributed by atoms with van der Waals surface area (Å²) in [7, 11) is 0. The first-order valence-electron chi connectivity index (χ1n) is 6.94. The van der Waals surface area contributed by atoms with E-state index in [0.29, 0.717) is 25.5 Å². The van der Waals surface area contributed by atoms with Gasteiger partial charge in [0.25, 0.3) is 5.91 Å². The molecule has 1 aliphatic rings. The Bertz CT molecular complexity index is 667. The van der Waals surface area contributed by atoms with Crippen LogP contribution in [0.3, 0.4) is 0 Å². The summed E-state index contributed by atoms with van der Waals surface area (Å²) in [5, 5.41) is 11.9. The number of nitrogens with one attached hydrogen (secondary N) is 2. The number of carbonyl (C=O) groups excluding carboxylic acids is 1. The Labute approximate surface area is 126 Å². The standard InChI is InChI=1S/C15H16FN3O3/c16-12-7-10(1-2-11(12)8-20)13(21)19-15(3-6-22-9-15)14-17-4-5-18-14/h1-2,4-5,7,20H,3,6,8-9H2,(H,17,18)(H,19,21). The smallest absolute Gasteiger partial charge is 0.252 e. The van der Waals surface area contributed by atoms with E-state index >= 15 is 0 Å². The van der Waals surface area contributed by atoms with E-state index in [1.165, 1.54) is 12.1 Å². The number of halogens is 1. The van der Waals surface area contributed by atoms with Crippen LogP contribution in [0, 0.1) is 5.82 Å². The number of nitrogens with zero attached hydrogens (tertiary/aromatic N) is 1. The maximum Gasteiger partial charge on any atom is 0.252 e. The fourth-order valence-electron chi connectivity index (χ4n) is 2.54. The van der Waals surface area contributed by atoms with Gasteiger partial charge in [0.15, 0.2) is 0 Å². The summed E-state index contributed by atoms with van der Waals surface area (Å²) in [6.45, 7) is 0.417. The molecule has 7 heteroatoms. The monoisotopic (exact) mass is 305 g/mol. The van der Waals surface area contributed by atoms with Gasteiger partial charge < -0.3 is 20.1 Å². The molecule has 3 rings (SSSR count). The Morgan fingerprint density at radius 3 is 3.00 bits per heavy atom. The van der Waals surface area contributed by atoms with Gasteiger partial charge in [-0.05, 0) is 12.1 Å². The highest BCUT2D eigenvalue weighted by atomic mass is 19.1. The molecule has 0 aliphatic carbocycles. The molecule has 2 aromatic rings. The predicted octanol–water partition coefficient (Wildman–Crippen LogP) is 1.09. The molecular weight excluding hydrogens is 289 g/mol. The topological polar surface area (TPSA) is 87.2 Å². The maximum absolute atomic E-state index is 13.7. The molecule has 0 radical (unpaired) electrons. The van der Waals surface area contributed by atoms with Gasteiger partial charge in [0.1, 0.15) is 17.2 Å². The Balaban J connectivity index is 1.84. The molecule has 1 aliphatic heterocycles. The molecule has 1 saturated heterocycles. The van der Waals surface area contributed by atoms with Gasteiger partial charge in [0.2, 0.25) is 0 Å². The Morgan fingerprint density at radius 2 is 2.41 bits per heavy atom. The third-order valence-electron chi connectivity index (χ3n) is 3.81. The number of hydrogen-bond donors (Lipinski definition) is 3. The number of ether oxygens (including phenoxy) is 1. The van der Waals surface area contributed by atoms with Crippen molar-refractivity contribution in [1.29, 1.82) is 0 Å². The van der Waals surface area contributed by atoms with Crippen LogP contribution in [0.4, 0.5) is 4.39 Å². The summed E-state index contributed by atoms with van der Waals surface area (Å²) in [6, 6.07) is 4.00. The average Bonchev–Trinajstić information content (AvgIpc) is 3.19. The van der Waals surface area contributed by atoms with E-state index in [1.807, 2.05) is 0 Å². The molecule has 1 atom stereocenters. The van der Waals surface area contributed by atoms with E-state index in [2.05, 4.69) is 15.3 Å². The molecule has 6 nitrogen and oxygen atoms in total. The molecule has 1 amide bonds. The largest absolute Gasteiger partial charge is 0.392 e. The van der Waals surface area contributed by atoms with Crippen molar-refractivity contribution < 1.29 is 19.0 Å². The molecule has 0 bridgehead atoms. The van der Waals surface area contributed by atoms with Crippen LogP contribution in [0.15, 0.2) is 30.6 Å². The number of rotatable bonds is 4. The zero-order chi connectivity index (χ0) is 15.6. The minimum Gasteiger partial charge on any atom is -0.392 e. The van der Waals surface area contributed by atoms with Gasteiger partial charge >= 0.3 is 0 Å². The molecule has 1 aromatic carbocycles. The molecular formula is C15H16FN3O3. The van der Waals surface area contributed by atoms with Gasteiger partial charge in [0, 0.05) is 36.5 Å². The minimum absolute atomic E-state index is 0.154. The summed E-state index contributed by atoms with van der Waals surface area (Å²) in [5.74, 6) is -0.402. The molecule has 3 N–H and O–H groups in total. The lowest BCUT2D eigenvalue weighted by atomic mass is 9.97. The van der Waals surface area contributed by atoms with E-state index in [0.717, 1.165) is 6.07 Å². The maximum atomic E-state index is 13.7. The molecule has 0 saturated carbocycles. The first kappa shape index (κ1) is 14.7. The summed E-state index contributed by atoms with van der Waals surface area (Å²) in [5.41, 5.74) is -0.388.